The third kappa shape index (κ3) is 4.73. The maximum Gasteiger partial charge on any atom is 0.281 e. The number of carbonyl (C=O) groups excluding carboxylic acids is 1. The summed E-state index contributed by atoms with van der Waals surface area (Å²) in [4.78, 5) is 24.2. The number of hydrogen-bond acceptors (Lipinski definition) is 7. The van der Waals surface area contributed by atoms with E-state index in [1.165, 1.54) is 18.2 Å². The van der Waals surface area contributed by atoms with Crippen LogP contribution in [0.4, 0.5) is 11.6 Å². The molecule has 0 bridgehead atoms. The van der Waals surface area contributed by atoms with E-state index < -0.39 is 15.9 Å². The van der Waals surface area contributed by atoms with E-state index in [-0.39, 0.29) is 27.4 Å². The van der Waals surface area contributed by atoms with E-state index in [2.05, 4.69) is 42.0 Å². The molecule has 8 nitrogen and oxygen atoms in total. The predicted octanol–water partition coefficient (Wildman–Crippen LogP) is 3.74. The van der Waals surface area contributed by atoms with Crippen LogP contribution in [-0.4, -0.2) is 36.4 Å². The summed E-state index contributed by atoms with van der Waals surface area (Å²) in [7, 11) is -4.23. The smallest absolute Gasteiger partial charge is 0.281 e. The highest BCUT2D eigenvalue weighted by molar-refractivity contribution is 7.90. The van der Waals surface area contributed by atoms with Crippen LogP contribution in [0.2, 0.25) is 0 Å². The van der Waals surface area contributed by atoms with Crippen LogP contribution in [0.25, 0.3) is 6.08 Å². The van der Waals surface area contributed by atoms with E-state index in [4.69, 9.17) is 10.7 Å². The number of pyridine rings is 2. The third-order valence-electron chi connectivity index (χ3n) is 6.40. The Balaban J connectivity index is 2.15. The van der Waals surface area contributed by atoms with Crippen molar-refractivity contribution in [3.63, 3.8) is 0 Å². The second-order valence-corrected chi connectivity index (χ2v) is 11.7. The fourth-order valence-corrected chi connectivity index (χ4v) is 5.01. The first kappa shape index (κ1) is 24.7. The maximum absolute atomic E-state index is 13.4. The molecule has 33 heavy (non-hydrogen) atoms. The minimum Gasteiger partial charge on any atom is -0.384 e. The molecular weight excluding hydrogens is 438 g/mol. The first-order valence-corrected chi connectivity index (χ1v) is 12.4. The molecular formula is C24H33N5O3S. The molecule has 3 N–H and O–H groups in total. The summed E-state index contributed by atoms with van der Waals surface area (Å²) in [5.41, 5.74) is 6.70. The van der Waals surface area contributed by atoms with E-state index in [1.807, 2.05) is 20.8 Å². The lowest BCUT2D eigenvalue weighted by Crippen LogP contribution is -2.44. The Morgan fingerprint density at radius 3 is 2.48 bits per heavy atom. The lowest BCUT2D eigenvalue weighted by atomic mass is 9.87. The van der Waals surface area contributed by atoms with Crippen LogP contribution in [0.3, 0.4) is 0 Å². The van der Waals surface area contributed by atoms with Gasteiger partial charge in [0, 0.05) is 17.5 Å². The zero-order chi connectivity index (χ0) is 24.8. The van der Waals surface area contributed by atoms with Gasteiger partial charge in [0.05, 0.1) is 11.3 Å². The molecule has 3 rings (SSSR count). The molecule has 0 saturated carbocycles. The van der Waals surface area contributed by atoms with Crippen molar-refractivity contribution in [1.29, 1.82) is 0 Å². The molecule has 1 fully saturated rings. The molecule has 1 atom stereocenters. The molecule has 1 aliphatic rings. The van der Waals surface area contributed by atoms with Gasteiger partial charge in [0.15, 0.2) is 5.03 Å². The number of hydrogen-bond donors (Lipinski definition) is 2. The summed E-state index contributed by atoms with van der Waals surface area (Å²) in [6.07, 6.45) is 2.58. The Labute approximate surface area is 196 Å². The molecule has 1 unspecified atom stereocenters. The van der Waals surface area contributed by atoms with Crippen LogP contribution in [0.5, 0.6) is 0 Å². The third-order valence-corrected chi connectivity index (χ3v) is 7.63. The average Bonchev–Trinajstić information content (AvgIpc) is 2.98. The van der Waals surface area contributed by atoms with Gasteiger partial charge >= 0.3 is 0 Å². The molecule has 1 aliphatic heterocycles. The lowest BCUT2D eigenvalue weighted by molar-refractivity contribution is 0.0981. The van der Waals surface area contributed by atoms with Crippen LogP contribution < -0.4 is 15.4 Å². The second kappa shape index (κ2) is 8.44. The fourth-order valence-electron chi connectivity index (χ4n) is 4.07. The molecule has 0 spiro atoms. The van der Waals surface area contributed by atoms with Gasteiger partial charge in [-0.1, -0.05) is 46.4 Å². The van der Waals surface area contributed by atoms with Gasteiger partial charge in [-0.05, 0) is 49.9 Å². The number of nitrogens with one attached hydrogen (secondary N) is 1. The molecule has 9 heteroatoms. The molecule has 0 radical (unpaired) electrons. The quantitative estimate of drug-likeness (QED) is 0.682. The molecule has 3 heterocycles. The van der Waals surface area contributed by atoms with Gasteiger partial charge < -0.3 is 10.6 Å². The zero-order valence-corrected chi connectivity index (χ0v) is 21.0. The summed E-state index contributed by atoms with van der Waals surface area (Å²) in [6, 6.07) is 5.90. The summed E-state index contributed by atoms with van der Waals surface area (Å²) >= 11 is 0. The number of nitrogens with two attached hydrogens (primary N) is 1. The number of rotatable bonds is 5. The number of nitrogen functional groups attached to an aromatic ring is 1. The normalized spacial score (nSPS) is 18.2. The SMILES string of the molecule is C=Cc1cc(C(=O)NS(=O)(=O)c2cccc(N)n2)c(N2CCC(C)C2(C)C)nc1C(C)(C)C. The summed E-state index contributed by atoms with van der Waals surface area (Å²) in [5, 5.41) is -0.323. The number of aromatic nitrogens is 2. The highest BCUT2D eigenvalue weighted by atomic mass is 32.2. The second-order valence-electron chi connectivity index (χ2n) is 10.1. The van der Waals surface area contributed by atoms with Crippen LogP contribution in [0.15, 0.2) is 35.9 Å². The monoisotopic (exact) mass is 471 g/mol. The van der Waals surface area contributed by atoms with Gasteiger partial charge in [0.2, 0.25) is 0 Å². The summed E-state index contributed by atoms with van der Waals surface area (Å²) in [5.74, 6) is 0.102. The minimum absolute atomic E-state index is 0.0453. The van der Waals surface area contributed by atoms with Crippen LogP contribution >= 0.6 is 0 Å². The zero-order valence-electron chi connectivity index (χ0n) is 20.1. The molecule has 1 amide bonds. The van der Waals surface area contributed by atoms with Gasteiger partial charge in [0.25, 0.3) is 15.9 Å². The van der Waals surface area contributed by atoms with Crippen molar-refractivity contribution in [2.45, 2.75) is 63.9 Å². The summed E-state index contributed by atoms with van der Waals surface area (Å²) < 4.78 is 27.9. The molecule has 1 saturated heterocycles. The molecule has 0 aromatic carbocycles. The van der Waals surface area contributed by atoms with Crippen molar-refractivity contribution in [2.24, 2.45) is 5.92 Å². The Bertz CT molecular complexity index is 1200. The average molecular weight is 472 g/mol. The molecule has 178 valence electrons. The van der Waals surface area contributed by atoms with Gasteiger partial charge in [0.1, 0.15) is 11.6 Å². The van der Waals surface area contributed by atoms with Crippen molar-refractivity contribution in [3.05, 3.63) is 47.7 Å². The Kier molecular flexibility index (Phi) is 6.32. The summed E-state index contributed by atoms with van der Waals surface area (Å²) in [6.45, 7) is 17.1. The first-order chi connectivity index (χ1) is 15.2. The van der Waals surface area contributed by atoms with Crippen LogP contribution in [0.1, 0.15) is 69.6 Å². The minimum atomic E-state index is -4.23. The molecule has 2 aromatic rings. The number of sulfonamides is 1. The standard InChI is InChI=1S/C24H33N5O3S/c1-8-16-14-17(22(30)28-33(31,32)19-11-9-10-18(25)26-19)21(27-20(16)23(3,4)5)29-13-12-15(2)24(29,6)7/h8-11,14-15H,1,12-13H2,2-7H3,(H2,25,26)(H,28,30). The van der Waals surface area contributed by atoms with E-state index in [0.717, 1.165) is 12.1 Å². The van der Waals surface area contributed by atoms with Crippen molar-refractivity contribution in [2.75, 3.05) is 17.2 Å². The predicted molar refractivity (Wildman–Crippen MR) is 132 cm³/mol. The van der Waals surface area contributed by atoms with E-state index in [1.54, 1.807) is 12.1 Å². The number of amides is 1. The van der Waals surface area contributed by atoms with E-state index in [0.29, 0.717) is 23.8 Å². The van der Waals surface area contributed by atoms with Crippen LogP contribution in [-0.2, 0) is 15.4 Å². The van der Waals surface area contributed by atoms with Crippen molar-refractivity contribution in [3.8, 4) is 0 Å². The van der Waals surface area contributed by atoms with Crippen molar-refractivity contribution < 1.29 is 13.2 Å². The van der Waals surface area contributed by atoms with Crippen molar-refractivity contribution >= 4 is 33.6 Å². The highest BCUT2D eigenvalue weighted by Crippen LogP contribution is 2.40. The lowest BCUT2D eigenvalue weighted by Gasteiger charge is -2.37. The molecule has 2 aromatic heterocycles. The van der Waals surface area contributed by atoms with Gasteiger partial charge in [-0.3, -0.25) is 4.79 Å². The Morgan fingerprint density at radius 2 is 1.97 bits per heavy atom. The van der Waals surface area contributed by atoms with Gasteiger partial charge in [-0.2, -0.15) is 8.42 Å². The number of nitrogens with zero attached hydrogens (tertiary/aromatic N) is 3. The first-order valence-electron chi connectivity index (χ1n) is 10.9. The van der Waals surface area contributed by atoms with Gasteiger partial charge in [-0.25, -0.2) is 14.7 Å². The highest BCUT2D eigenvalue weighted by Gasteiger charge is 2.41. The number of carbonyl (C=O) groups is 1. The van der Waals surface area contributed by atoms with E-state index in [9.17, 15) is 13.2 Å². The maximum atomic E-state index is 13.4. The largest absolute Gasteiger partial charge is 0.384 e. The number of anilines is 2. The topological polar surface area (TPSA) is 118 Å². The van der Waals surface area contributed by atoms with E-state index >= 15 is 0 Å². The van der Waals surface area contributed by atoms with Gasteiger partial charge in [-0.15, -0.1) is 0 Å². The molecule has 0 aliphatic carbocycles. The fraction of sp³-hybridized carbons (Fsp3) is 0.458. The Hall–Kier alpha value is -2.94. The van der Waals surface area contributed by atoms with Crippen LogP contribution in [0, 0.1) is 5.92 Å². The Morgan fingerprint density at radius 1 is 1.30 bits per heavy atom. The van der Waals surface area contributed by atoms with Crippen molar-refractivity contribution in [1.82, 2.24) is 14.7 Å².